The van der Waals surface area contributed by atoms with E-state index in [0.717, 1.165) is 40.7 Å². The van der Waals surface area contributed by atoms with Crippen molar-refractivity contribution in [3.63, 3.8) is 0 Å². The summed E-state index contributed by atoms with van der Waals surface area (Å²) < 4.78 is 6.94. The third-order valence-corrected chi connectivity index (χ3v) is 8.69. The summed E-state index contributed by atoms with van der Waals surface area (Å²) >= 11 is 2.64. The molecule has 1 aliphatic rings. The molecular formula is C29H31N11O3S2. The van der Waals surface area contributed by atoms with Crippen molar-refractivity contribution < 1.29 is 14.3 Å². The highest BCUT2D eigenvalue weighted by Crippen LogP contribution is 2.29. The average Bonchev–Trinajstić information content (AvgIpc) is 3.86. The zero-order valence-corrected chi connectivity index (χ0v) is 26.1. The van der Waals surface area contributed by atoms with E-state index in [4.69, 9.17) is 4.74 Å². The summed E-state index contributed by atoms with van der Waals surface area (Å²) in [5.74, 6) is 0.505. The third kappa shape index (κ3) is 8.36. The summed E-state index contributed by atoms with van der Waals surface area (Å²) in [5, 5.41) is 36.4. The van der Waals surface area contributed by atoms with E-state index in [1.807, 2.05) is 60.8 Å². The van der Waals surface area contributed by atoms with Crippen LogP contribution >= 0.6 is 22.7 Å². The lowest BCUT2D eigenvalue weighted by Crippen LogP contribution is -2.25. The number of hydrogen-bond acceptors (Lipinski definition) is 13. The molecule has 2 aromatic carbocycles. The maximum Gasteiger partial charge on any atom is 0.230 e. The second-order valence-corrected chi connectivity index (χ2v) is 12.3. The molecule has 6 rings (SSSR count). The monoisotopic (exact) mass is 645 g/mol. The van der Waals surface area contributed by atoms with E-state index in [2.05, 4.69) is 51.6 Å². The zero-order chi connectivity index (χ0) is 31.0. The smallest absolute Gasteiger partial charge is 0.230 e. The number of nitrogens with one attached hydrogen (secondary N) is 3. The molecule has 45 heavy (non-hydrogen) atoms. The molecule has 0 aliphatic carbocycles. The molecule has 0 unspecified atom stereocenters. The van der Waals surface area contributed by atoms with Gasteiger partial charge in [-0.05, 0) is 29.7 Å². The number of aromatic nitrogens is 7. The van der Waals surface area contributed by atoms with Gasteiger partial charge < -0.3 is 25.6 Å². The molecule has 4 heterocycles. The van der Waals surface area contributed by atoms with Crippen molar-refractivity contribution in [2.24, 2.45) is 0 Å². The van der Waals surface area contributed by atoms with Crippen LogP contribution in [-0.4, -0.2) is 73.4 Å². The first-order valence-corrected chi connectivity index (χ1v) is 16.0. The van der Waals surface area contributed by atoms with E-state index >= 15 is 0 Å². The minimum atomic E-state index is -0.161. The van der Waals surface area contributed by atoms with Crippen molar-refractivity contribution in [2.45, 2.75) is 38.3 Å². The van der Waals surface area contributed by atoms with Crippen LogP contribution in [0.3, 0.4) is 0 Å². The molecule has 1 saturated heterocycles. The van der Waals surface area contributed by atoms with E-state index in [9.17, 15) is 9.59 Å². The fraction of sp³-hybridized carbons (Fsp3) is 0.310. The summed E-state index contributed by atoms with van der Waals surface area (Å²) in [7, 11) is 1.64. The Morgan fingerprint density at radius 3 is 2.47 bits per heavy atom. The van der Waals surface area contributed by atoms with Gasteiger partial charge in [0.1, 0.15) is 5.75 Å². The van der Waals surface area contributed by atoms with Gasteiger partial charge in [0.15, 0.2) is 0 Å². The summed E-state index contributed by atoms with van der Waals surface area (Å²) in [6.45, 7) is 2.06. The number of amides is 2. The highest BCUT2D eigenvalue weighted by atomic mass is 32.1. The first kappa shape index (κ1) is 30.1. The Morgan fingerprint density at radius 1 is 0.889 bits per heavy atom. The highest BCUT2D eigenvalue weighted by Gasteiger charge is 2.26. The molecule has 16 heteroatoms. The molecule has 0 spiro atoms. The van der Waals surface area contributed by atoms with E-state index in [0.29, 0.717) is 34.9 Å². The number of carbonyl (C=O) groups excluding carboxylic acids is 2. The van der Waals surface area contributed by atoms with Crippen LogP contribution < -0.4 is 25.6 Å². The van der Waals surface area contributed by atoms with Gasteiger partial charge in [0, 0.05) is 38.2 Å². The molecule has 0 bridgehead atoms. The average molecular weight is 646 g/mol. The number of hydrogen-bond donors (Lipinski definition) is 3. The number of anilines is 4. The Labute approximate surface area is 266 Å². The second kappa shape index (κ2) is 14.2. The number of nitrogens with zero attached hydrogens (tertiary/aromatic N) is 8. The van der Waals surface area contributed by atoms with Crippen molar-refractivity contribution in [1.29, 1.82) is 0 Å². The zero-order valence-electron chi connectivity index (χ0n) is 24.4. The van der Waals surface area contributed by atoms with E-state index in [1.165, 1.54) is 22.7 Å². The van der Waals surface area contributed by atoms with E-state index in [-0.39, 0.29) is 30.7 Å². The van der Waals surface area contributed by atoms with Crippen molar-refractivity contribution in [3.8, 4) is 5.75 Å². The molecule has 0 saturated carbocycles. The van der Waals surface area contributed by atoms with E-state index in [1.54, 1.807) is 11.8 Å². The summed E-state index contributed by atoms with van der Waals surface area (Å²) in [4.78, 5) is 27.0. The Kier molecular flexibility index (Phi) is 9.50. The molecule has 3 aromatic heterocycles. The summed E-state index contributed by atoms with van der Waals surface area (Å²) in [6, 6.07) is 17.5. The van der Waals surface area contributed by atoms with Crippen LogP contribution in [0.2, 0.25) is 0 Å². The number of methoxy groups -OCH3 is 1. The fourth-order valence-corrected chi connectivity index (χ4v) is 6.30. The number of rotatable bonds is 13. The normalized spacial score (nSPS) is 14.3. The lowest BCUT2D eigenvalue weighted by Gasteiger charge is -2.14. The predicted molar refractivity (Wildman–Crippen MR) is 172 cm³/mol. The number of ether oxygens (including phenoxy) is 1. The highest BCUT2D eigenvalue weighted by molar-refractivity contribution is 7.19. The Balaban J connectivity index is 0.921. The van der Waals surface area contributed by atoms with Gasteiger partial charge in [-0.2, -0.15) is 0 Å². The Bertz CT molecular complexity index is 1720. The molecule has 1 aliphatic heterocycles. The minimum absolute atomic E-state index is 0.130. The topological polar surface area (TPSA) is 165 Å². The molecule has 1 atom stereocenters. The molecule has 3 N–H and O–H groups in total. The Hall–Kier alpha value is -4.96. The maximum absolute atomic E-state index is 12.6. The van der Waals surface area contributed by atoms with Crippen LogP contribution in [0.5, 0.6) is 5.75 Å². The molecule has 14 nitrogen and oxygen atoms in total. The van der Waals surface area contributed by atoms with Gasteiger partial charge >= 0.3 is 0 Å². The van der Waals surface area contributed by atoms with Crippen molar-refractivity contribution in [2.75, 3.05) is 41.0 Å². The van der Waals surface area contributed by atoms with Crippen molar-refractivity contribution in [1.82, 2.24) is 35.4 Å². The van der Waals surface area contributed by atoms with Gasteiger partial charge in [-0.3, -0.25) is 9.59 Å². The number of carbonyl (C=O) groups is 2. The number of benzene rings is 2. The lowest BCUT2D eigenvalue weighted by molar-refractivity contribution is -0.116. The SMILES string of the molecule is COc1ccc(Cn2cc(CCC(=O)Nc3nnc(N4CC[C@@H](Nc5nnc(NC(=O)Cc6ccccc6)s5)C4)s3)nn2)cc1. The van der Waals surface area contributed by atoms with Gasteiger partial charge in [-0.15, -0.1) is 25.5 Å². The fourth-order valence-electron chi connectivity index (χ4n) is 4.77. The maximum atomic E-state index is 12.6. The molecule has 0 radical (unpaired) electrons. The molecular weight excluding hydrogens is 615 g/mol. The van der Waals surface area contributed by atoms with Crippen LogP contribution in [-0.2, 0) is 29.0 Å². The van der Waals surface area contributed by atoms with Gasteiger partial charge in [0.2, 0.25) is 32.3 Å². The van der Waals surface area contributed by atoms with Crippen molar-refractivity contribution >= 4 is 55.0 Å². The second-order valence-electron chi connectivity index (χ2n) is 10.4. The lowest BCUT2D eigenvalue weighted by atomic mass is 10.1. The molecule has 2 amide bonds. The molecule has 232 valence electrons. The Morgan fingerprint density at radius 2 is 1.64 bits per heavy atom. The van der Waals surface area contributed by atoms with Gasteiger partial charge in [-0.25, -0.2) is 4.68 Å². The van der Waals surface area contributed by atoms with Crippen LogP contribution in [0.15, 0.2) is 60.8 Å². The number of aryl methyl sites for hydroxylation is 1. The van der Waals surface area contributed by atoms with Crippen LogP contribution in [0.1, 0.15) is 29.7 Å². The van der Waals surface area contributed by atoms with Gasteiger partial charge in [-0.1, -0.05) is 70.4 Å². The van der Waals surface area contributed by atoms with Crippen LogP contribution in [0, 0.1) is 0 Å². The first-order chi connectivity index (χ1) is 22.0. The standard InChI is InChI=1S/C29H31N11O3S2/c1-43-23-10-7-20(8-11-23)16-40-18-22(33-38-40)9-12-24(41)31-28-36-37-29(45-28)39-14-13-21(17-39)30-26-34-35-27(44-26)32-25(42)15-19-5-3-2-4-6-19/h2-8,10-11,18,21H,9,12-17H2,1H3,(H,30,34)(H,31,36,41)(H,32,35,42)/t21-/m1/s1. The summed E-state index contributed by atoms with van der Waals surface area (Å²) in [5.41, 5.74) is 2.75. The third-order valence-electron chi connectivity index (χ3n) is 7.02. The molecule has 5 aromatic rings. The van der Waals surface area contributed by atoms with Crippen LogP contribution in [0.4, 0.5) is 20.5 Å². The molecule has 1 fully saturated rings. The minimum Gasteiger partial charge on any atom is -0.497 e. The van der Waals surface area contributed by atoms with Gasteiger partial charge in [0.05, 0.1) is 25.8 Å². The van der Waals surface area contributed by atoms with E-state index < -0.39 is 0 Å². The van der Waals surface area contributed by atoms with Crippen molar-refractivity contribution in [3.05, 3.63) is 77.6 Å². The quantitative estimate of drug-likeness (QED) is 0.172. The predicted octanol–water partition coefficient (Wildman–Crippen LogP) is 3.48. The summed E-state index contributed by atoms with van der Waals surface area (Å²) in [6.07, 6.45) is 3.71. The largest absolute Gasteiger partial charge is 0.497 e. The first-order valence-electron chi connectivity index (χ1n) is 14.3. The van der Waals surface area contributed by atoms with Crippen LogP contribution in [0.25, 0.3) is 0 Å². The van der Waals surface area contributed by atoms with Gasteiger partial charge in [0.25, 0.3) is 0 Å².